The van der Waals surface area contributed by atoms with Crippen LogP contribution in [0.5, 0.6) is 0 Å². The molecule has 6 N–H and O–H groups in total. The maximum atomic E-state index is 11.2. The van der Waals surface area contributed by atoms with E-state index in [1.165, 1.54) is 10.9 Å². The van der Waals surface area contributed by atoms with E-state index >= 15 is 0 Å². The van der Waals surface area contributed by atoms with Gasteiger partial charge in [0, 0.05) is 0 Å². The summed E-state index contributed by atoms with van der Waals surface area (Å²) in [5.74, 6) is -0.124. The largest absolute Gasteiger partial charge is 0.772 e. The lowest BCUT2D eigenvalue weighted by molar-refractivity contribution is -0.173. The van der Waals surface area contributed by atoms with Gasteiger partial charge in [-0.25, -0.2) is 15.0 Å². The van der Waals surface area contributed by atoms with Crippen LogP contribution in [0.2, 0.25) is 0 Å². The predicted octanol–water partition coefficient (Wildman–Crippen LogP) is -2.72. The lowest BCUT2D eigenvalue weighted by Crippen LogP contribution is -2.33. The van der Waals surface area contributed by atoms with E-state index in [2.05, 4.69) is 15.0 Å². The van der Waals surface area contributed by atoms with Crippen molar-refractivity contribution in [1.29, 1.82) is 0 Å². The molecule has 1 aliphatic heterocycles. The predicted molar refractivity (Wildman–Crippen MR) is 73.7 cm³/mol. The number of hydrogen-bond donors (Lipinski definition) is 5. The van der Waals surface area contributed by atoms with Gasteiger partial charge in [0.2, 0.25) is 0 Å². The first-order chi connectivity index (χ1) is 10.8. The average molecular weight is 345 g/mol. The molecule has 0 bridgehead atoms. The minimum absolute atomic E-state index is 0.0896. The second kappa shape index (κ2) is 5.76. The average Bonchev–Trinajstić information content (AvgIpc) is 3.01. The Kier molecular flexibility index (Phi) is 4.06. The minimum atomic E-state index is -4.34. The van der Waals surface area contributed by atoms with Gasteiger partial charge in [-0.3, -0.25) is 14.6 Å². The smallest absolute Gasteiger partial charge is 0.167 e. The summed E-state index contributed by atoms with van der Waals surface area (Å²) < 4.78 is 17.8. The number of hydrogen-bond acceptors (Lipinski definition) is 9. The standard InChI is InChI=1S/C10H15N6O6P/c11-23(20,21)15-8-5-9(13-2-12-8)16(3-14-5)10-7(19)6(18)4(1-17)22-10/h2-4,6-7,10,17-19H,1H2,(H4,11,12,13,15,20,21)/p-1/t4-,6-,7-,10-/m1/s1. The first-order valence-corrected chi connectivity index (χ1v) is 8.19. The molecule has 0 radical (unpaired) electrons. The third-order valence-electron chi connectivity index (χ3n) is 3.41. The number of nitrogens with two attached hydrogens (primary N) is 1. The summed E-state index contributed by atoms with van der Waals surface area (Å²) in [6.45, 7) is -0.477. The van der Waals surface area contributed by atoms with Crippen LogP contribution in [0.25, 0.3) is 11.2 Å². The molecule has 5 atom stereocenters. The number of aromatic nitrogens is 4. The molecule has 13 heteroatoms. The number of ether oxygens (including phenoxy) is 1. The molecule has 0 aliphatic carbocycles. The molecule has 3 rings (SSSR count). The van der Waals surface area contributed by atoms with Crippen LogP contribution in [0, 0.1) is 0 Å². The van der Waals surface area contributed by atoms with Gasteiger partial charge in [0.05, 0.1) is 12.9 Å². The van der Waals surface area contributed by atoms with Gasteiger partial charge in [0.25, 0.3) is 0 Å². The Morgan fingerprint density at radius 3 is 2.74 bits per heavy atom. The van der Waals surface area contributed by atoms with Crippen molar-refractivity contribution < 1.29 is 29.5 Å². The van der Waals surface area contributed by atoms with E-state index in [0.29, 0.717) is 0 Å². The van der Waals surface area contributed by atoms with Gasteiger partial charge >= 0.3 is 0 Å². The quantitative estimate of drug-likeness (QED) is 0.361. The number of nitrogens with one attached hydrogen (secondary N) is 1. The fraction of sp³-hybridized carbons (Fsp3) is 0.500. The normalized spacial score (nSPS) is 30.5. The van der Waals surface area contributed by atoms with Gasteiger partial charge in [-0.2, -0.15) is 0 Å². The van der Waals surface area contributed by atoms with Crippen LogP contribution >= 0.6 is 7.67 Å². The molecule has 0 aromatic carbocycles. The lowest BCUT2D eigenvalue weighted by Gasteiger charge is -2.19. The molecular weight excluding hydrogens is 331 g/mol. The van der Waals surface area contributed by atoms with Crippen LogP contribution in [-0.4, -0.2) is 59.8 Å². The highest BCUT2D eigenvalue weighted by molar-refractivity contribution is 7.55. The fourth-order valence-electron chi connectivity index (χ4n) is 2.38. The first-order valence-electron chi connectivity index (χ1n) is 6.49. The van der Waals surface area contributed by atoms with E-state index in [1.807, 2.05) is 5.09 Å². The van der Waals surface area contributed by atoms with Crippen molar-refractivity contribution in [3.8, 4) is 0 Å². The number of nitrogens with zero attached hydrogens (tertiary/aromatic N) is 4. The SMILES string of the molecule is NP(=O)([O-])Nc1ncnc2c1ncn2[C@@H]1O[C@H](CO)[C@@H](O)[C@H]1O. The zero-order valence-corrected chi connectivity index (χ0v) is 12.4. The Labute approximate surface area is 129 Å². The molecule has 1 saturated heterocycles. The zero-order chi connectivity index (χ0) is 16.8. The number of anilines is 1. The maximum Gasteiger partial charge on any atom is 0.167 e. The second-order valence-electron chi connectivity index (χ2n) is 4.98. The summed E-state index contributed by atoms with van der Waals surface area (Å²) in [4.78, 5) is 22.9. The number of aliphatic hydroxyl groups excluding tert-OH is 3. The van der Waals surface area contributed by atoms with Gasteiger partial charge in [-0.15, -0.1) is 0 Å². The highest BCUT2D eigenvalue weighted by Gasteiger charge is 2.44. The number of rotatable bonds is 4. The fourth-order valence-corrected chi connectivity index (χ4v) is 2.84. The van der Waals surface area contributed by atoms with Crippen molar-refractivity contribution in [2.75, 3.05) is 11.7 Å². The van der Waals surface area contributed by atoms with E-state index in [9.17, 15) is 19.7 Å². The van der Waals surface area contributed by atoms with Gasteiger partial charge in [0.1, 0.15) is 24.6 Å². The highest BCUT2D eigenvalue weighted by atomic mass is 31.2. The lowest BCUT2D eigenvalue weighted by atomic mass is 10.1. The summed E-state index contributed by atoms with van der Waals surface area (Å²) in [5.41, 5.74) is 5.18. The van der Waals surface area contributed by atoms with Gasteiger partial charge in [-0.05, 0) is 0 Å². The molecule has 23 heavy (non-hydrogen) atoms. The Morgan fingerprint density at radius 2 is 2.13 bits per heavy atom. The van der Waals surface area contributed by atoms with Crippen LogP contribution in [0.1, 0.15) is 6.23 Å². The number of imidazole rings is 1. The third kappa shape index (κ3) is 2.93. The minimum Gasteiger partial charge on any atom is -0.772 e. The first kappa shape index (κ1) is 16.2. The van der Waals surface area contributed by atoms with Crippen molar-refractivity contribution in [3.05, 3.63) is 12.7 Å². The van der Waals surface area contributed by atoms with Crippen molar-refractivity contribution in [1.82, 2.24) is 19.5 Å². The van der Waals surface area contributed by atoms with Crippen LogP contribution in [0.3, 0.4) is 0 Å². The summed E-state index contributed by atoms with van der Waals surface area (Å²) >= 11 is 0. The van der Waals surface area contributed by atoms with Gasteiger partial charge in [0.15, 0.2) is 30.9 Å². The van der Waals surface area contributed by atoms with Gasteiger partial charge < -0.3 is 30.0 Å². The molecule has 12 nitrogen and oxygen atoms in total. The molecule has 1 unspecified atom stereocenters. The Bertz CT molecular complexity index is 763. The van der Waals surface area contributed by atoms with Crippen LogP contribution < -0.4 is 15.5 Å². The molecule has 0 saturated carbocycles. The Hall–Kier alpha value is -1.66. The topological polar surface area (TPSA) is 192 Å². The highest BCUT2D eigenvalue weighted by Crippen LogP contribution is 2.33. The Balaban J connectivity index is 2.01. The third-order valence-corrected chi connectivity index (χ3v) is 3.94. The molecule has 126 valence electrons. The van der Waals surface area contributed by atoms with Crippen molar-refractivity contribution in [2.24, 2.45) is 5.50 Å². The second-order valence-corrected chi connectivity index (χ2v) is 6.40. The zero-order valence-electron chi connectivity index (χ0n) is 11.6. The molecule has 0 amide bonds. The van der Waals surface area contributed by atoms with E-state index in [1.54, 1.807) is 0 Å². The van der Waals surface area contributed by atoms with Crippen molar-refractivity contribution in [2.45, 2.75) is 24.5 Å². The van der Waals surface area contributed by atoms with Crippen LogP contribution in [-0.2, 0) is 9.30 Å². The van der Waals surface area contributed by atoms with Gasteiger partial charge in [-0.1, -0.05) is 0 Å². The summed E-state index contributed by atoms with van der Waals surface area (Å²) in [6, 6.07) is 0. The molecule has 1 aliphatic rings. The summed E-state index contributed by atoms with van der Waals surface area (Å²) in [7, 11) is -4.34. The van der Waals surface area contributed by atoms with Crippen LogP contribution in [0.4, 0.5) is 5.82 Å². The Morgan fingerprint density at radius 1 is 1.39 bits per heavy atom. The maximum absolute atomic E-state index is 11.2. The van der Waals surface area contributed by atoms with E-state index in [0.717, 1.165) is 6.33 Å². The summed E-state index contributed by atoms with van der Waals surface area (Å²) in [6.07, 6.45) is -2.29. The number of fused-ring (bicyclic) bond motifs is 1. The monoisotopic (exact) mass is 345 g/mol. The molecule has 0 spiro atoms. The molecular formula is C10H14N6O6P-. The van der Waals surface area contributed by atoms with E-state index < -0.39 is 38.8 Å². The van der Waals surface area contributed by atoms with E-state index in [-0.39, 0.29) is 17.0 Å². The molecule has 2 aromatic heterocycles. The summed E-state index contributed by atoms with van der Waals surface area (Å²) in [5, 5.41) is 31.0. The van der Waals surface area contributed by atoms with Crippen molar-refractivity contribution in [3.63, 3.8) is 0 Å². The molecule has 1 fully saturated rings. The number of aliphatic hydroxyl groups is 3. The van der Waals surface area contributed by atoms with Crippen molar-refractivity contribution >= 4 is 24.7 Å². The van der Waals surface area contributed by atoms with Crippen LogP contribution in [0.15, 0.2) is 12.7 Å². The molecule has 3 heterocycles. The molecule has 2 aromatic rings. The van der Waals surface area contributed by atoms with E-state index in [4.69, 9.17) is 15.3 Å².